The van der Waals surface area contributed by atoms with Crippen LogP contribution in [0.4, 0.5) is 0 Å². The Bertz CT molecular complexity index is 409. The SMILES string of the molecule is CCN[C@](C)(C(=O)O)c1ccc(Cl)cc1Cl. The zero-order valence-electron chi connectivity index (χ0n) is 9.05. The quantitative estimate of drug-likeness (QED) is 0.877. The summed E-state index contributed by atoms with van der Waals surface area (Å²) in [5.74, 6) is -0.974. The van der Waals surface area contributed by atoms with E-state index in [0.717, 1.165) is 0 Å². The number of benzene rings is 1. The van der Waals surface area contributed by atoms with E-state index in [-0.39, 0.29) is 0 Å². The van der Waals surface area contributed by atoms with E-state index < -0.39 is 11.5 Å². The molecule has 16 heavy (non-hydrogen) atoms. The first kappa shape index (κ1) is 13.3. The first-order valence-electron chi connectivity index (χ1n) is 4.85. The second-order valence-electron chi connectivity index (χ2n) is 3.58. The molecule has 0 unspecified atom stereocenters. The summed E-state index contributed by atoms with van der Waals surface area (Å²) < 4.78 is 0. The molecular weight excluding hydrogens is 249 g/mol. The van der Waals surface area contributed by atoms with Crippen molar-refractivity contribution in [1.29, 1.82) is 0 Å². The van der Waals surface area contributed by atoms with Crippen molar-refractivity contribution < 1.29 is 9.90 Å². The van der Waals surface area contributed by atoms with Gasteiger partial charge in [-0.05, 0) is 25.6 Å². The molecular formula is C11H13Cl2NO2. The fourth-order valence-electron chi connectivity index (χ4n) is 1.53. The van der Waals surface area contributed by atoms with Gasteiger partial charge in [0.25, 0.3) is 0 Å². The molecule has 1 aromatic rings. The molecule has 2 N–H and O–H groups in total. The highest BCUT2D eigenvalue weighted by Gasteiger charge is 2.35. The van der Waals surface area contributed by atoms with Crippen molar-refractivity contribution >= 4 is 29.2 Å². The van der Waals surface area contributed by atoms with Crippen LogP contribution in [0.2, 0.25) is 10.0 Å². The standard InChI is InChI=1S/C11H13Cl2NO2/c1-3-14-11(2,10(15)16)8-5-4-7(12)6-9(8)13/h4-6,14H,3H2,1-2H3,(H,15,16)/t11-/m0/s1. The molecule has 0 aromatic heterocycles. The van der Waals surface area contributed by atoms with E-state index in [0.29, 0.717) is 22.2 Å². The summed E-state index contributed by atoms with van der Waals surface area (Å²) in [6, 6.07) is 4.79. The van der Waals surface area contributed by atoms with Crippen molar-refractivity contribution in [3.63, 3.8) is 0 Å². The summed E-state index contributed by atoms with van der Waals surface area (Å²) >= 11 is 11.8. The lowest BCUT2D eigenvalue weighted by atomic mass is 9.92. The molecule has 3 nitrogen and oxygen atoms in total. The Labute approximate surface area is 104 Å². The first-order valence-corrected chi connectivity index (χ1v) is 5.61. The smallest absolute Gasteiger partial charge is 0.328 e. The molecule has 5 heteroatoms. The molecule has 0 fully saturated rings. The number of hydrogen-bond acceptors (Lipinski definition) is 2. The number of rotatable bonds is 4. The molecule has 0 aliphatic rings. The lowest BCUT2D eigenvalue weighted by Crippen LogP contribution is -2.46. The van der Waals surface area contributed by atoms with E-state index >= 15 is 0 Å². The van der Waals surface area contributed by atoms with Gasteiger partial charge in [-0.1, -0.05) is 36.2 Å². The number of carboxylic acid groups (broad SMARTS) is 1. The Kier molecular flexibility index (Phi) is 4.19. The Balaban J connectivity index is 3.26. The Morgan fingerprint density at radius 1 is 1.50 bits per heavy atom. The largest absolute Gasteiger partial charge is 0.480 e. The highest BCUT2D eigenvalue weighted by Crippen LogP contribution is 2.30. The minimum absolute atomic E-state index is 0.346. The van der Waals surface area contributed by atoms with Crippen molar-refractivity contribution in [2.45, 2.75) is 19.4 Å². The third-order valence-electron chi connectivity index (χ3n) is 2.43. The highest BCUT2D eigenvalue weighted by molar-refractivity contribution is 6.35. The molecule has 1 aromatic carbocycles. The van der Waals surface area contributed by atoms with Crippen LogP contribution >= 0.6 is 23.2 Å². The molecule has 0 saturated carbocycles. The average molecular weight is 262 g/mol. The van der Waals surface area contributed by atoms with Gasteiger partial charge in [-0.25, -0.2) is 4.79 Å². The third-order valence-corrected chi connectivity index (χ3v) is 2.98. The molecule has 1 atom stereocenters. The summed E-state index contributed by atoms with van der Waals surface area (Å²) in [4.78, 5) is 11.3. The normalized spacial score (nSPS) is 14.5. The summed E-state index contributed by atoms with van der Waals surface area (Å²) in [6.07, 6.45) is 0. The van der Waals surface area contributed by atoms with Gasteiger partial charge < -0.3 is 5.11 Å². The fraction of sp³-hybridized carbons (Fsp3) is 0.364. The summed E-state index contributed by atoms with van der Waals surface area (Å²) in [7, 11) is 0. The highest BCUT2D eigenvalue weighted by atomic mass is 35.5. The molecule has 0 radical (unpaired) electrons. The monoisotopic (exact) mass is 261 g/mol. The van der Waals surface area contributed by atoms with Crippen molar-refractivity contribution in [1.82, 2.24) is 5.32 Å². The van der Waals surface area contributed by atoms with Crippen molar-refractivity contribution in [3.8, 4) is 0 Å². The molecule has 0 saturated heterocycles. The van der Waals surface area contributed by atoms with Crippen LogP contribution in [-0.4, -0.2) is 17.6 Å². The third kappa shape index (κ3) is 2.48. The maximum absolute atomic E-state index is 11.3. The van der Waals surface area contributed by atoms with Crippen LogP contribution in [0, 0.1) is 0 Å². The summed E-state index contributed by atoms with van der Waals surface area (Å²) in [6.45, 7) is 3.95. The molecule has 0 bridgehead atoms. The van der Waals surface area contributed by atoms with Crippen LogP contribution in [-0.2, 0) is 10.3 Å². The summed E-state index contributed by atoms with van der Waals surface area (Å²) in [5.41, 5.74) is -0.691. The van der Waals surface area contributed by atoms with E-state index in [1.807, 2.05) is 6.92 Å². The molecule has 0 aliphatic heterocycles. The average Bonchev–Trinajstić information content (AvgIpc) is 2.17. The van der Waals surface area contributed by atoms with E-state index in [2.05, 4.69) is 5.32 Å². The number of carbonyl (C=O) groups is 1. The van der Waals surface area contributed by atoms with Crippen LogP contribution in [0.5, 0.6) is 0 Å². The second kappa shape index (κ2) is 5.04. The van der Waals surface area contributed by atoms with Crippen molar-refractivity contribution in [2.24, 2.45) is 0 Å². The molecule has 0 amide bonds. The number of hydrogen-bond donors (Lipinski definition) is 2. The number of carboxylic acids is 1. The van der Waals surface area contributed by atoms with E-state index in [1.54, 1.807) is 19.1 Å². The fourth-order valence-corrected chi connectivity index (χ4v) is 2.13. The van der Waals surface area contributed by atoms with Crippen molar-refractivity contribution in [2.75, 3.05) is 6.54 Å². The predicted octanol–water partition coefficient (Wildman–Crippen LogP) is 2.90. The van der Waals surface area contributed by atoms with Crippen LogP contribution in [0.15, 0.2) is 18.2 Å². The van der Waals surface area contributed by atoms with Crippen LogP contribution in [0.1, 0.15) is 19.4 Å². The lowest BCUT2D eigenvalue weighted by molar-refractivity contribution is -0.144. The van der Waals surface area contributed by atoms with Gasteiger partial charge in [-0.2, -0.15) is 0 Å². The first-order chi connectivity index (χ1) is 7.41. The number of likely N-dealkylation sites (N-methyl/N-ethyl adjacent to an activating group) is 1. The lowest BCUT2D eigenvalue weighted by Gasteiger charge is -2.27. The zero-order valence-corrected chi connectivity index (χ0v) is 10.6. The van der Waals surface area contributed by atoms with E-state index in [4.69, 9.17) is 23.2 Å². The molecule has 0 heterocycles. The van der Waals surface area contributed by atoms with Gasteiger partial charge in [-0.15, -0.1) is 0 Å². The molecule has 88 valence electrons. The number of aliphatic carboxylic acids is 1. The summed E-state index contributed by atoms with van der Waals surface area (Å²) in [5, 5.41) is 13.0. The van der Waals surface area contributed by atoms with Crippen molar-refractivity contribution in [3.05, 3.63) is 33.8 Å². The van der Waals surface area contributed by atoms with Crippen LogP contribution < -0.4 is 5.32 Å². The topological polar surface area (TPSA) is 49.3 Å². The van der Waals surface area contributed by atoms with Gasteiger partial charge in [-0.3, -0.25) is 5.32 Å². The molecule has 0 spiro atoms. The van der Waals surface area contributed by atoms with Gasteiger partial charge in [0.15, 0.2) is 0 Å². The van der Waals surface area contributed by atoms with E-state index in [9.17, 15) is 9.90 Å². The van der Waals surface area contributed by atoms with Gasteiger partial charge in [0, 0.05) is 15.6 Å². The maximum Gasteiger partial charge on any atom is 0.328 e. The minimum Gasteiger partial charge on any atom is -0.480 e. The Morgan fingerprint density at radius 3 is 2.56 bits per heavy atom. The van der Waals surface area contributed by atoms with Gasteiger partial charge in [0.2, 0.25) is 0 Å². The number of nitrogens with one attached hydrogen (secondary N) is 1. The maximum atomic E-state index is 11.3. The zero-order chi connectivity index (χ0) is 12.3. The Morgan fingerprint density at radius 2 is 2.12 bits per heavy atom. The van der Waals surface area contributed by atoms with Crippen LogP contribution in [0.25, 0.3) is 0 Å². The number of halogens is 2. The van der Waals surface area contributed by atoms with Gasteiger partial charge in [0.05, 0.1) is 0 Å². The van der Waals surface area contributed by atoms with Crippen LogP contribution in [0.3, 0.4) is 0 Å². The minimum atomic E-state index is -1.20. The predicted molar refractivity (Wildman–Crippen MR) is 65.1 cm³/mol. The molecule has 1 rings (SSSR count). The molecule has 0 aliphatic carbocycles. The second-order valence-corrected chi connectivity index (χ2v) is 4.43. The van der Waals surface area contributed by atoms with Gasteiger partial charge >= 0.3 is 5.97 Å². The van der Waals surface area contributed by atoms with Gasteiger partial charge in [0.1, 0.15) is 5.54 Å². The Hall–Kier alpha value is -0.770. The van der Waals surface area contributed by atoms with E-state index in [1.165, 1.54) is 6.07 Å².